The Hall–Kier alpha value is -0.330. The highest BCUT2D eigenvalue weighted by Gasteiger charge is 2.45. The molecule has 0 aliphatic heterocycles. The number of hydrogen-bond acceptors (Lipinski definition) is 1. The minimum Gasteiger partial charge on any atom is -0.299 e. The molecule has 0 aromatic rings. The van der Waals surface area contributed by atoms with E-state index >= 15 is 0 Å². The first-order valence-electron chi connectivity index (χ1n) is 6.06. The number of carbonyl (C=O) groups excluding carboxylic acids is 1. The average Bonchev–Trinajstić information content (AvgIpc) is 2.83. The molecule has 0 aromatic carbocycles. The van der Waals surface area contributed by atoms with E-state index in [1.807, 2.05) is 0 Å². The molecule has 1 nitrogen and oxygen atoms in total. The zero-order chi connectivity index (χ0) is 10.3. The van der Waals surface area contributed by atoms with Gasteiger partial charge in [0.2, 0.25) is 0 Å². The van der Waals surface area contributed by atoms with Gasteiger partial charge in [-0.05, 0) is 37.0 Å². The van der Waals surface area contributed by atoms with Crippen molar-refractivity contribution in [3.8, 4) is 0 Å². The Bertz CT molecular complexity index is 238. The van der Waals surface area contributed by atoms with Gasteiger partial charge < -0.3 is 0 Å². The molecule has 2 atom stereocenters. The summed E-state index contributed by atoms with van der Waals surface area (Å²) in [5.74, 6) is 2.00. The van der Waals surface area contributed by atoms with Crippen LogP contribution in [0.5, 0.6) is 0 Å². The molecule has 2 unspecified atom stereocenters. The van der Waals surface area contributed by atoms with Crippen molar-refractivity contribution in [1.29, 1.82) is 0 Å². The lowest BCUT2D eigenvalue weighted by molar-refractivity contribution is -0.131. The van der Waals surface area contributed by atoms with E-state index in [2.05, 4.69) is 20.8 Å². The number of Topliss-reactive ketones (excluding diaryl/α,β-unsaturated/α-hetero) is 1. The molecular weight excluding hydrogens is 172 g/mol. The molecule has 14 heavy (non-hydrogen) atoms. The van der Waals surface area contributed by atoms with E-state index in [0.29, 0.717) is 23.5 Å². The zero-order valence-corrected chi connectivity index (χ0v) is 9.68. The standard InChI is InChI=1S/C13H22O/c1-9-5-4-8-13(2,3)11(9)12(14)10-6-7-10/h9-11H,4-8H2,1-3H3. The number of hydrogen-bond donors (Lipinski definition) is 0. The molecule has 0 N–H and O–H groups in total. The van der Waals surface area contributed by atoms with Gasteiger partial charge in [-0.1, -0.05) is 27.2 Å². The van der Waals surface area contributed by atoms with Gasteiger partial charge in [0.15, 0.2) is 0 Å². The summed E-state index contributed by atoms with van der Waals surface area (Å²) in [5, 5.41) is 0. The second-order valence-corrected chi connectivity index (χ2v) is 6.01. The zero-order valence-electron chi connectivity index (χ0n) is 9.68. The highest BCUT2D eigenvalue weighted by molar-refractivity contribution is 5.86. The van der Waals surface area contributed by atoms with E-state index < -0.39 is 0 Å². The lowest BCUT2D eigenvalue weighted by Gasteiger charge is -2.42. The molecule has 0 spiro atoms. The predicted molar refractivity (Wildman–Crippen MR) is 58.0 cm³/mol. The maximum Gasteiger partial charge on any atom is 0.139 e. The third-order valence-corrected chi connectivity index (χ3v) is 4.18. The number of ketones is 1. The van der Waals surface area contributed by atoms with Crippen molar-refractivity contribution < 1.29 is 4.79 Å². The molecule has 2 aliphatic rings. The fourth-order valence-corrected chi connectivity index (χ4v) is 3.26. The summed E-state index contributed by atoms with van der Waals surface area (Å²) in [4.78, 5) is 12.2. The van der Waals surface area contributed by atoms with Gasteiger partial charge in [0.1, 0.15) is 5.78 Å². The molecule has 0 bridgehead atoms. The van der Waals surface area contributed by atoms with Crippen molar-refractivity contribution in [1.82, 2.24) is 0 Å². The topological polar surface area (TPSA) is 17.1 Å². The first-order valence-corrected chi connectivity index (χ1v) is 6.06. The minimum absolute atomic E-state index is 0.261. The molecule has 0 amide bonds. The van der Waals surface area contributed by atoms with E-state index in [1.54, 1.807) is 0 Å². The molecule has 1 heteroatoms. The molecule has 0 heterocycles. The van der Waals surface area contributed by atoms with Crippen LogP contribution in [0.3, 0.4) is 0 Å². The van der Waals surface area contributed by atoms with Crippen LogP contribution in [0.1, 0.15) is 52.9 Å². The van der Waals surface area contributed by atoms with Gasteiger partial charge in [-0.15, -0.1) is 0 Å². The van der Waals surface area contributed by atoms with Crippen LogP contribution in [0.2, 0.25) is 0 Å². The van der Waals surface area contributed by atoms with Crippen molar-refractivity contribution in [2.24, 2.45) is 23.2 Å². The SMILES string of the molecule is CC1CCCC(C)(C)C1C(=O)C1CC1. The monoisotopic (exact) mass is 194 g/mol. The van der Waals surface area contributed by atoms with Gasteiger partial charge in [-0.3, -0.25) is 4.79 Å². The Morgan fingerprint density at radius 2 is 1.86 bits per heavy atom. The summed E-state index contributed by atoms with van der Waals surface area (Å²) >= 11 is 0. The summed E-state index contributed by atoms with van der Waals surface area (Å²) in [6, 6.07) is 0. The number of rotatable bonds is 2. The normalized spacial score (nSPS) is 36.8. The van der Waals surface area contributed by atoms with Crippen LogP contribution in [-0.4, -0.2) is 5.78 Å². The van der Waals surface area contributed by atoms with E-state index in [9.17, 15) is 4.79 Å². The van der Waals surface area contributed by atoms with Gasteiger partial charge in [0, 0.05) is 11.8 Å². The van der Waals surface area contributed by atoms with E-state index in [0.717, 1.165) is 12.8 Å². The summed E-state index contributed by atoms with van der Waals surface area (Å²) in [6.07, 6.45) is 6.13. The van der Waals surface area contributed by atoms with Crippen LogP contribution >= 0.6 is 0 Å². The average molecular weight is 194 g/mol. The second-order valence-electron chi connectivity index (χ2n) is 6.01. The van der Waals surface area contributed by atoms with Crippen molar-refractivity contribution in [2.45, 2.75) is 52.9 Å². The van der Waals surface area contributed by atoms with E-state index in [-0.39, 0.29) is 5.41 Å². The Labute approximate surface area is 87.3 Å². The van der Waals surface area contributed by atoms with Crippen LogP contribution in [0.4, 0.5) is 0 Å². The van der Waals surface area contributed by atoms with Crippen molar-refractivity contribution in [2.75, 3.05) is 0 Å². The Kier molecular flexibility index (Phi) is 2.45. The van der Waals surface area contributed by atoms with E-state index in [4.69, 9.17) is 0 Å². The molecule has 2 aliphatic carbocycles. The lowest BCUT2D eigenvalue weighted by atomic mass is 9.62. The predicted octanol–water partition coefficient (Wildman–Crippen LogP) is 3.43. The third kappa shape index (κ3) is 1.74. The molecule has 0 radical (unpaired) electrons. The van der Waals surface area contributed by atoms with Crippen molar-refractivity contribution in [3.05, 3.63) is 0 Å². The first-order chi connectivity index (χ1) is 6.52. The quantitative estimate of drug-likeness (QED) is 0.658. The van der Waals surface area contributed by atoms with Crippen LogP contribution in [0.25, 0.3) is 0 Å². The smallest absolute Gasteiger partial charge is 0.139 e. The summed E-state index contributed by atoms with van der Waals surface area (Å²) in [7, 11) is 0. The highest BCUT2D eigenvalue weighted by atomic mass is 16.1. The summed E-state index contributed by atoms with van der Waals surface area (Å²) in [6.45, 7) is 6.84. The largest absolute Gasteiger partial charge is 0.299 e. The van der Waals surface area contributed by atoms with E-state index in [1.165, 1.54) is 19.3 Å². The van der Waals surface area contributed by atoms with Crippen LogP contribution in [-0.2, 0) is 4.79 Å². The molecule has 0 saturated heterocycles. The van der Waals surface area contributed by atoms with Gasteiger partial charge >= 0.3 is 0 Å². The highest BCUT2D eigenvalue weighted by Crippen LogP contribution is 2.48. The fraction of sp³-hybridized carbons (Fsp3) is 0.923. The summed E-state index contributed by atoms with van der Waals surface area (Å²) < 4.78 is 0. The first kappa shape index (κ1) is 10.2. The Morgan fingerprint density at radius 3 is 2.36 bits per heavy atom. The maximum atomic E-state index is 12.2. The van der Waals surface area contributed by atoms with Gasteiger partial charge in [-0.25, -0.2) is 0 Å². The molecule has 80 valence electrons. The van der Waals surface area contributed by atoms with Gasteiger partial charge in [0.25, 0.3) is 0 Å². The lowest BCUT2D eigenvalue weighted by Crippen LogP contribution is -2.39. The molecule has 2 saturated carbocycles. The molecule has 2 fully saturated rings. The maximum absolute atomic E-state index is 12.2. The third-order valence-electron chi connectivity index (χ3n) is 4.18. The van der Waals surface area contributed by atoms with Gasteiger partial charge in [-0.2, -0.15) is 0 Å². The summed E-state index contributed by atoms with van der Waals surface area (Å²) in [5.41, 5.74) is 0.261. The van der Waals surface area contributed by atoms with Crippen LogP contribution in [0.15, 0.2) is 0 Å². The van der Waals surface area contributed by atoms with Crippen molar-refractivity contribution >= 4 is 5.78 Å². The molecule has 2 rings (SSSR count). The minimum atomic E-state index is 0.261. The van der Waals surface area contributed by atoms with Crippen LogP contribution < -0.4 is 0 Å². The Balaban J connectivity index is 2.14. The fourth-order valence-electron chi connectivity index (χ4n) is 3.26. The van der Waals surface area contributed by atoms with Gasteiger partial charge in [0.05, 0.1) is 0 Å². The molecular formula is C13H22O. The van der Waals surface area contributed by atoms with Crippen molar-refractivity contribution in [3.63, 3.8) is 0 Å². The Morgan fingerprint density at radius 1 is 1.21 bits per heavy atom. The second kappa shape index (κ2) is 3.36. The molecule has 0 aromatic heterocycles. The number of carbonyl (C=O) groups is 1. The van der Waals surface area contributed by atoms with Crippen LogP contribution in [0, 0.1) is 23.2 Å².